The summed E-state index contributed by atoms with van der Waals surface area (Å²) in [5.41, 5.74) is 3.41. The molecule has 0 aliphatic rings. The topological polar surface area (TPSA) is 81.9 Å². The van der Waals surface area contributed by atoms with Gasteiger partial charge in [0.25, 0.3) is 6.43 Å². The van der Waals surface area contributed by atoms with Crippen molar-refractivity contribution < 1.29 is 18.3 Å². The van der Waals surface area contributed by atoms with Gasteiger partial charge in [-0.05, 0) is 6.07 Å². The predicted molar refractivity (Wildman–Crippen MR) is 108 cm³/mol. The van der Waals surface area contributed by atoms with Gasteiger partial charge in [-0.15, -0.1) is 0 Å². The van der Waals surface area contributed by atoms with Crippen LogP contribution in [0.5, 0.6) is 5.75 Å². The van der Waals surface area contributed by atoms with E-state index in [1.807, 2.05) is 30.3 Å². The number of fused-ring (bicyclic) bond motifs is 1. The smallest absolute Gasteiger partial charge is 0.257 e. The Labute approximate surface area is 170 Å². The van der Waals surface area contributed by atoms with E-state index in [1.165, 1.54) is 18.1 Å². The fourth-order valence-corrected chi connectivity index (χ4v) is 3.28. The Morgan fingerprint density at radius 3 is 2.67 bits per heavy atom. The number of rotatable bonds is 7. The molecule has 0 atom stereocenters. The lowest BCUT2D eigenvalue weighted by molar-refractivity contribution is -0.105. The fraction of sp³-hybridized carbons (Fsp3) is 0.143. The molecule has 4 rings (SSSR count). The number of alkyl halides is 2. The first-order chi connectivity index (χ1) is 14.6. The highest BCUT2D eigenvalue weighted by Crippen LogP contribution is 2.37. The molecule has 0 bridgehead atoms. The highest BCUT2D eigenvalue weighted by atomic mass is 19.3. The first-order valence-electron chi connectivity index (χ1n) is 9.05. The van der Waals surface area contributed by atoms with Crippen molar-refractivity contribution in [1.29, 1.82) is 0 Å². The van der Waals surface area contributed by atoms with E-state index in [1.54, 1.807) is 18.3 Å². The van der Waals surface area contributed by atoms with Crippen LogP contribution in [-0.4, -0.2) is 39.7 Å². The predicted octanol–water partition coefficient (Wildman–Crippen LogP) is 4.00. The van der Waals surface area contributed by atoms with Crippen molar-refractivity contribution in [2.24, 2.45) is 0 Å². The number of methoxy groups -OCH3 is 1. The van der Waals surface area contributed by atoms with E-state index >= 15 is 0 Å². The van der Waals surface area contributed by atoms with Gasteiger partial charge >= 0.3 is 0 Å². The maximum Gasteiger partial charge on any atom is 0.257 e. The normalized spacial score (nSPS) is 11.1. The number of carbonyl (C=O) groups excluding carboxylic acids is 1. The Morgan fingerprint density at radius 1 is 1.17 bits per heavy atom. The van der Waals surface area contributed by atoms with Gasteiger partial charge in [0.05, 0.1) is 24.0 Å². The average molecular weight is 409 g/mol. The molecule has 7 nitrogen and oxygen atoms in total. The van der Waals surface area contributed by atoms with E-state index in [9.17, 15) is 13.6 Å². The van der Waals surface area contributed by atoms with Crippen molar-refractivity contribution in [3.05, 3.63) is 55.0 Å². The van der Waals surface area contributed by atoms with Crippen LogP contribution in [0.25, 0.3) is 33.4 Å². The van der Waals surface area contributed by atoms with Crippen LogP contribution < -0.4 is 10.1 Å². The second kappa shape index (κ2) is 8.24. The highest BCUT2D eigenvalue weighted by Gasteiger charge is 2.19. The summed E-state index contributed by atoms with van der Waals surface area (Å²) in [6.07, 6.45) is 0.941. The average Bonchev–Trinajstić information content (AvgIpc) is 3.16. The zero-order valence-electron chi connectivity index (χ0n) is 15.9. The van der Waals surface area contributed by atoms with Gasteiger partial charge < -0.3 is 10.1 Å². The maximum absolute atomic E-state index is 13.0. The number of amides is 1. The second-order valence-electron chi connectivity index (χ2n) is 6.42. The largest absolute Gasteiger partial charge is 0.494 e. The lowest BCUT2D eigenvalue weighted by Crippen LogP contribution is -2.06. The van der Waals surface area contributed by atoms with Crippen molar-refractivity contribution in [2.45, 2.75) is 13.0 Å². The number of carbonyl (C=O) groups is 1. The Kier molecular flexibility index (Phi) is 5.34. The molecule has 152 valence electrons. The quantitative estimate of drug-likeness (QED) is 0.467. The first kappa shape index (κ1) is 19.4. The van der Waals surface area contributed by atoms with Gasteiger partial charge in [-0.25, -0.2) is 18.7 Å². The van der Waals surface area contributed by atoms with Gasteiger partial charge in [0.15, 0.2) is 0 Å². The van der Waals surface area contributed by atoms with Crippen molar-refractivity contribution in [3.63, 3.8) is 0 Å². The van der Waals surface area contributed by atoms with Crippen LogP contribution in [0.3, 0.4) is 0 Å². The number of nitrogens with one attached hydrogen (secondary N) is 1. The summed E-state index contributed by atoms with van der Waals surface area (Å²) in [4.78, 5) is 19.7. The van der Waals surface area contributed by atoms with Gasteiger partial charge in [0, 0.05) is 28.8 Å². The Balaban J connectivity index is 1.96. The molecule has 30 heavy (non-hydrogen) atoms. The number of halogens is 2. The molecule has 1 amide bonds. The van der Waals surface area contributed by atoms with E-state index in [0.717, 1.165) is 5.56 Å². The molecule has 0 radical (unpaired) electrons. The molecule has 4 aromatic rings. The molecule has 0 spiro atoms. The van der Waals surface area contributed by atoms with Crippen molar-refractivity contribution in [3.8, 4) is 28.3 Å². The molecule has 1 N–H and O–H groups in total. The number of anilines is 1. The summed E-state index contributed by atoms with van der Waals surface area (Å²) in [5.74, 6) is 0.441. The van der Waals surface area contributed by atoms with E-state index in [2.05, 4.69) is 20.4 Å². The number of hydrogen-bond acceptors (Lipinski definition) is 5. The van der Waals surface area contributed by atoms with Crippen molar-refractivity contribution >= 4 is 23.0 Å². The molecule has 2 aromatic heterocycles. The number of ether oxygens (including phenoxy) is 1. The van der Waals surface area contributed by atoms with E-state index in [-0.39, 0.29) is 0 Å². The third-order valence-corrected chi connectivity index (χ3v) is 4.56. The minimum Gasteiger partial charge on any atom is -0.494 e. The van der Waals surface area contributed by atoms with E-state index in [4.69, 9.17) is 4.74 Å². The molecule has 2 aromatic carbocycles. The van der Waals surface area contributed by atoms with Crippen LogP contribution in [0.15, 0.2) is 55.0 Å². The summed E-state index contributed by atoms with van der Waals surface area (Å²) >= 11 is 0. The van der Waals surface area contributed by atoms with Gasteiger partial charge in [0.1, 0.15) is 24.3 Å². The van der Waals surface area contributed by atoms with E-state index in [0.29, 0.717) is 45.7 Å². The van der Waals surface area contributed by atoms with Crippen LogP contribution in [0.4, 0.5) is 14.5 Å². The van der Waals surface area contributed by atoms with Gasteiger partial charge in [0.2, 0.25) is 6.41 Å². The molecule has 0 saturated carbocycles. The van der Waals surface area contributed by atoms with Crippen LogP contribution in [0, 0.1) is 0 Å². The monoisotopic (exact) mass is 409 g/mol. The molecule has 0 fully saturated rings. The lowest BCUT2D eigenvalue weighted by atomic mass is 10.0. The molecule has 2 heterocycles. The van der Waals surface area contributed by atoms with Gasteiger partial charge in [-0.2, -0.15) is 5.10 Å². The summed E-state index contributed by atoms with van der Waals surface area (Å²) in [6, 6.07) is 12.6. The molecule has 0 aliphatic carbocycles. The number of benzene rings is 2. The number of hydrogen-bond donors (Lipinski definition) is 1. The fourth-order valence-electron chi connectivity index (χ4n) is 3.28. The standard InChI is InChI=1S/C21H17F2N5O2/c1-30-18-8-16-14(7-17(18)26-12-29)21(25-11-24-16)15-9-28(10-19(22)23)27-20(15)13-5-3-2-4-6-13/h2-9,11-12,19H,10H2,1H3,(H,26,29). The Hall–Kier alpha value is -3.88. The minimum atomic E-state index is -2.55. The SMILES string of the molecule is COc1cc2ncnc(-c3cn(CC(F)F)nc3-c3ccccc3)c2cc1NC=O. The van der Waals surface area contributed by atoms with Crippen LogP contribution in [0.2, 0.25) is 0 Å². The lowest BCUT2D eigenvalue weighted by Gasteiger charge is -2.11. The van der Waals surface area contributed by atoms with Crippen LogP contribution in [-0.2, 0) is 11.3 Å². The minimum absolute atomic E-state index is 0.441. The summed E-state index contributed by atoms with van der Waals surface area (Å²) in [7, 11) is 1.49. The maximum atomic E-state index is 13.0. The van der Waals surface area contributed by atoms with Gasteiger partial charge in [-0.1, -0.05) is 30.3 Å². The summed E-state index contributed by atoms with van der Waals surface area (Å²) in [5, 5.41) is 7.59. The third kappa shape index (κ3) is 3.69. The van der Waals surface area contributed by atoms with E-state index < -0.39 is 13.0 Å². The first-order valence-corrected chi connectivity index (χ1v) is 9.05. The third-order valence-electron chi connectivity index (χ3n) is 4.56. The van der Waals surface area contributed by atoms with Crippen LogP contribution in [0.1, 0.15) is 0 Å². The number of aromatic nitrogens is 4. The number of nitrogens with zero attached hydrogens (tertiary/aromatic N) is 4. The molecular formula is C21H17F2N5O2. The Morgan fingerprint density at radius 2 is 1.97 bits per heavy atom. The van der Waals surface area contributed by atoms with Gasteiger partial charge in [-0.3, -0.25) is 9.48 Å². The molecule has 9 heteroatoms. The second-order valence-corrected chi connectivity index (χ2v) is 6.42. The zero-order valence-corrected chi connectivity index (χ0v) is 15.9. The molecule has 0 aliphatic heterocycles. The Bertz CT molecular complexity index is 1190. The highest BCUT2D eigenvalue weighted by molar-refractivity contribution is 5.99. The molecule has 0 unspecified atom stereocenters. The molecular weight excluding hydrogens is 392 g/mol. The van der Waals surface area contributed by atoms with Crippen LogP contribution >= 0.6 is 0 Å². The zero-order chi connectivity index (χ0) is 21.1. The molecule has 0 saturated heterocycles. The summed E-state index contributed by atoms with van der Waals surface area (Å²) < 4.78 is 32.5. The summed E-state index contributed by atoms with van der Waals surface area (Å²) in [6.45, 7) is -0.533. The van der Waals surface area contributed by atoms with Crippen molar-refractivity contribution in [1.82, 2.24) is 19.7 Å². The van der Waals surface area contributed by atoms with Crippen molar-refractivity contribution in [2.75, 3.05) is 12.4 Å².